The van der Waals surface area contributed by atoms with Crippen molar-refractivity contribution in [2.24, 2.45) is 5.92 Å². The minimum absolute atomic E-state index is 0.00787. The van der Waals surface area contributed by atoms with Gasteiger partial charge in [0.2, 0.25) is 0 Å². The molecule has 0 amide bonds. The number of benzene rings is 2. The molecule has 1 fully saturated rings. The van der Waals surface area contributed by atoms with Crippen molar-refractivity contribution in [3.05, 3.63) is 86.2 Å². The lowest BCUT2D eigenvalue weighted by Crippen LogP contribution is -2.46. The average Bonchev–Trinajstić information content (AvgIpc) is 3.10. The van der Waals surface area contributed by atoms with Gasteiger partial charge in [0.05, 0.1) is 26.9 Å². The summed E-state index contributed by atoms with van der Waals surface area (Å²) >= 11 is 39.3. The zero-order valence-electron chi connectivity index (χ0n) is 19.6. The van der Waals surface area contributed by atoms with E-state index in [4.69, 9.17) is 78.8 Å². The minimum atomic E-state index is -1.93. The van der Waals surface area contributed by atoms with Gasteiger partial charge < -0.3 is 9.15 Å². The molecular weight excluding hydrogens is 617 g/mol. The van der Waals surface area contributed by atoms with Gasteiger partial charge >= 0.3 is 11.6 Å². The molecule has 2 aliphatic carbocycles. The second-order valence-electron chi connectivity index (χ2n) is 9.39. The molecule has 38 heavy (non-hydrogen) atoms. The van der Waals surface area contributed by atoms with Gasteiger partial charge in [-0.25, -0.2) is 4.79 Å². The third-order valence-electron chi connectivity index (χ3n) is 7.11. The number of para-hydroxylation sites is 1. The van der Waals surface area contributed by atoms with E-state index < -0.39 is 37.5 Å². The van der Waals surface area contributed by atoms with Crippen LogP contribution in [0.2, 0.25) is 0 Å². The molecule has 0 unspecified atom stereocenters. The summed E-state index contributed by atoms with van der Waals surface area (Å²) in [5.41, 5.74) is 0.0998. The monoisotopic (exact) mass is 632 g/mol. The van der Waals surface area contributed by atoms with E-state index in [1.54, 1.807) is 48.5 Å². The van der Waals surface area contributed by atoms with E-state index in [-0.39, 0.29) is 45.6 Å². The lowest BCUT2D eigenvalue weighted by atomic mass is 9.87. The molecule has 0 aliphatic heterocycles. The highest BCUT2D eigenvalue weighted by atomic mass is 35.5. The van der Waals surface area contributed by atoms with Crippen molar-refractivity contribution in [2.45, 2.75) is 39.8 Å². The molecule has 1 aromatic heterocycles. The maximum atomic E-state index is 13.8. The normalized spacial score (nSPS) is 26.6. The molecule has 11 heteroatoms. The van der Waals surface area contributed by atoms with Crippen molar-refractivity contribution in [3.8, 4) is 5.75 Å². The van der Waals surface area contributed by atoms with Crippen molar-refractivity contribution in [3.63, 3.8) is 0 Å². The van der Waals surface area contributed by atoms with Gasteiger partial charge in [-0.15, -0.1) is 23.2 Å². The third-order valence-corrected chi connectivity index (χ3v) is 11.4. The first kappa shape index (κ1) is 27.8. The maximum absolute atomic E-state index is 13.8. The molecule has 1 saturated carbocycles. The minimum Gasteiger partial charge on any atom is -0.425 e. The summed E-state index contributed by atoms with van der Waals surface area (Å²) in [5, 5.41) is 0.155. The number of ketones is 1. The van der Waals surface area contributed by atoms with Gasteiger partial charge in [-0.2, -0.15) is 0 Å². The van der Waals surface area contributed by atoms with Crippen LogP contribution in [0.15, 0.2) is 73.9 Å². The first-order chi connectivity index (χ1) is 17.8. The quantitative estimate of drug-likeness (QED) is 0.158. The number of hydrogen-bond acceptors (Lipinski definition) is 5. The lowest BCUT2D eigenvalue weighted by Gasteiger charge is -2.32. The number of fused-ring (bicyclic) bond motifs is 3. The molecule has 2 aliphatic rings. The zero-order valence-corrected chi connectivity index (χ0v) is 24.1. The molecule has 0 N–H and O–H groups in total. The van der Waals surface area contributed by atoms with Gasteiger partial charge in [0.15, 0.2) is 10.1 Å². The van der Waals surface area contributed by atoms with Gasteiger partial charge in [-0.3, -0.25) is 9.59 Å². The summed E-state index contributed by atoms with van der Waals surface area (Å²) in [6.45, 7) is 1.41. The summed E-state index contributed by atoms with van der Waals surface area (Å²) in [4.78, 5) is 36.0. The smallest absolute Gasteiger partial charge is 0.343 e. The summed E-state index contributed by atoms with van der Waals surface area (Å²) in [5.74, 6) is -3.10. The van der Waals surface area contributed by atoms with Gasteiger partial charge in [0.25, 0.3) is 0 Å². The molecule has 3 aromatic rings. The predicted molar refractivity (Wildman–Crippen MR) is 150 cm³/mol. The van der Waals surface area contributed by atoms with Crippen LogP contribution in [0.5, 0.6) is 5.75 Å². The molecular formula is C27H18Cl6O5. The largest absolute Gasteiger partial charge is 0.425 e. The van der Waals surface area contributed by atoms with Crippen LogP contribution in [-0.4, -0.2) is 25.8 Å². The van der Waals surface area contributed by atoms with Crippen molar-refractivity contribution >= 4 is 92.3 Å². The van der Waals surface area contributed by atoms with Crippen LogP contribution >= 0.6 is 69.6 Å². The number of allylic oxidation sites excluding steroid dienone is 2. The Bertz CT molecular complexity index is 1570. The first-order valence-corrected chi connectivity index (χ1v) is 13.7. The Balaban J connectivity index is 1.67. The highest BCUT2D eigenvalue weighted by Gasteiger charge is 2.80. The number of hydrogen-bond donors (Lipinski definition) is 0. The second-order valence-corrected chi connectivity index (χ2v) is 12.7. The Morgan fingerprint density at radius 3 is 2.24 bits per heavy atom. The molecule has 0 spiro atoms. The SMILES string of the molecule is CC(=O)C[C@H](c1ccccc1)c1c(OC(=O)[C@H]2C[C@@]3(Cl)C(Cl)=C(Cl)[C@]2(Cl)C3(Cl)Cl)c2ccccc2oc1=O. The Kier molecular flexibility index (Phi) is 7.12. The van der Waals surface area contributed by atoms with Crippen molar-refractivity contribution in [1.82, 2.24) is 0 Å². The third kappa shape index (κ3) is 3.93. The van der Waals surface area contributed by atoms with Crippen LogP contribution < -0.4 is 10.4 Å². The molecule has 1 heterocycles. The fourth-order valence-electron chi connectivity index (χ4n) is 5.23. The first-order valence-electron chi connectivity index (χ1n) is 11.5. The summed E-state index contributed by atoms with van der Waals surface area (Å²) in [7, 11) is 0. The van der Waals surface area contributed by atoms with E-state index >= 15 is 0 Å². The highest BCUT2D eigenvalue weighted by Crippen LogP contribution is 2.74. The fourth-order valence-corrected chi connectivity index (χ4v) is 7.99. The average molecular weight is 635 g/mol. The van der Waals surface area contributed by atoms with E-state index in [1.807, 2.05) is 6.07 Å². The van der Waals surface area contributed by atoms with Gasteiger partial charge in [-0.05, 0) is 31.0 Å². The number of ether oxygens (including phenoxy) is 1. The Morgan fingerprint density at radius 1 is 1.00 bits per heavy atom. The number of halogens is 6. The topological polar surface area (TPSA) is 73.6 Å². The lowest BCUT2D eigenvalue weighted by molar-refractivity contribution is -0.139. The molecule has 198 valence electrons. The van der Waals surface area contributed by atoms with Gasteiger partial charge in [0, 0.05) is 12.3 Å². The van der Waals surface area contributed by atoms with Crippen LogP contribution in [-0.2, 0) is 9.59 Å². The second kappa shape index (κ2) is 9.72. The molecule has 5 nitrogen and oxygen atoms in total. The molecule has 2 aromatic carbocycles. The number of carbonyl (C=O) groups is 2. The standard InChI is InChI=1S/C27H18Cl6O5/c1-13(34)11-16(14-7-3-2-4-8-14)19-20(15-9-5-6-10-18(15)37-24(19)36)38-23(35)17-12-25(30)21(28)22(29)26(17,31)27(25,32)33/h2-10,16-17H,11-12H2,1H3/t16-,17-,25-,26+/m1/s1. The summed E-state index contributed by atoms with van der Waals surface area (Å²) in [6, 6.07) is 15.5. The van der Waals surface area contributed by atoms with Crippen molar-refractivity contribution < 1.29 is 18.7 Å². The molecule has 5 rings (SSSR count). The Labute approximate surface area is 247 Å². The molecule has 0 saturated heterocycles. The number of rotatable bonds is 6. The van der Waals surface area contributed by atoms with E-state index in [0.29, 0.717) is 10.9 Å². The van der Waals surface area contributed by atoms with Gasteiger partial charge in [-0.1, -0.05) is 88.9 Å². The Morgan fingerprint density at radius 2 is 1.63 bits per heavy atom. The van der Waals surface area contributed by atoms with E-state index in [2.05, 4.69) is 0 Å². The summed E-state index contributed by atoms with van der Waals surface area (Å²) in [6.07, 6.45) is -0.203. The molecule has 2 bridgehead atoms. The zero-order chi connectivity index (χ0) is 27.6. The number of Topliss-reactive ketones (excluding diaryl/α,β-unsaturated/α-hetero) is 1. The van der Waals surface area contributed by atoms with Crippen LogP contribution in [0.1, 0.15) is 36.8 Å². The van der Waals surface area contributed by atoms with Crippen LogP contribution in [0, 0.1) is 5.92 Å². The van der Waals surface area contributed by atoms with E-state index in [1.165, 1.54) is 6.92 Å². The highest BCUT2D eigenvalue weighted by molar-refractivity contribution is 6.66. The number of esters is 1. The number of carbonyl (C=O) groups excluding carboxylic acids is 2. The van der Waals surface area contributed by atoms with Crippen LogP contribution in [0.25, 0.3) is 11.0 Å². The fraction of sp³-hybridized carbons (Fsp3) is 0.296. The van der Waals surface area contributed by atoms with Gasteiger partial charge in [0.1, 0.15) is 21.1 Å². The van der Waals surface area contributed by atoms with E-state index in [9.17, 15) is 14.4 Å². The van der Waals surface area contributed by atoms with Crippen molar-refractivity contribution in [2.75, 3.05) is 0 Å². The molecule has 4 atom stereocenters. The van der Waals surface area contributed by atoms with Crippen molar-refractivity contribution in [1.29, 1.82) is 0 Å². The molecule has 0 radical (unpaired) electrons. The van der Waals surface area contributed by atoms with Crippen LogP contribution in [0.4, 0.5) is 0 Å². The van der Waals surface area contributed by atoms with E-state index in [0.717, 1.165) is 0 Å². The summed E-state index contributed by atoms with van der Waals surface area (Å²) < 4.78 is 9.61. The Hall–Kier alpha value is -1.73. The predicted octanol–water partition coefficient (Wildman–Crippen LogP) is 7.66. The number of alkyl halides is 4. The van der Waals surface area contributed by atoms with Crippen LogP contribution in [0.3, 0.4) is 0 Å². The maximum Gasteiger partial charge on any atom is 0.343 e.